The van der Waals surface area contributed by atoms with Crippen molar-refractivity contribution >= 4 is 38.9 Å². The van der Waals surface area contributed by atoms with Gasteiger partial charge in [0.1, 0.15) is 6.61 Å². The third-order valence-corrected chi connectivity index (χ3v) is 10.2. The second-order valence-corrected chi connectivity index (χ2v) is 12.6. The summed E-state index contributed by atoms with van der Waals surface area (Å²) in [7, 11) is -1.75. The van der Waals surface area contributed by atoms with Gasteiger partial charge in [-0.1, -0.05) is 29.6 Å². The number of piperazine rings is 1. The predicted molar refractivity (Wildman–Crippen MR) is 138 cm³/mol. The Hall–Kier alpha value is -0.940. The molecule has 0 bridgehead atoms. The summed E-state index contributed by atoms with van der Waals surface area (Å²) in [5.41, 5.74) is -1.17. The largest absolute Gasteiger partial charge is 0.350 e. The smallest absolute Gasteiger partial charge is 0.248 e. The van der Waals surface area contributed by atoms with E-state index in [2.05, 4.69) is 22.2 Å². The van der Waals surface area contributed by atoms with Crippen LogP contribution in [0.5, 0.6) is 0 Å². The molecule has 3 fully saturated rings. The Bertz CT molecular complexity index is 974. The first kappa shape index (κ1) is 27.1. The SMILES string of the molecule is CN1CCN(C2CCN(C(=O)COC(C3CCCCN3)S(=O)(=O)c3ccc(Cl)c(Cl)c3)CC2)CC1. The van der Waals surface area contributed by atoms with E-state index in [-0.39, 0.29) is 33.5 Å². The minimum absolute atomic E-state index is 0.0460. The van der Waals surface area contributed by atoms with Crippen LogP contribution in [0.25, 0.3) is 0 Å². The van der Waals surface area contributed by atoms with E-state index >= 15 is 0 Å². The number of nitrogens with zero attached hydrogens (tertiary/aromatic N) is 3. The summed E-state index contributed by atoms with van der Waals surface area (Å²) in [5.74, 6) is -0.160. The van der Waals surface area contributed by atoms with Crippen molar-refractivity contribution in [2.24, 2.45) is 0 Å². The van der Waals surface area contributed by atoms with Gasteiger partial charge in [-0.15, -0.1) is 0 Å². The Morgan fingerprint density at radius 2 is 1.77 bits per heavy atom. The van der Waals surface area contributed by atoms with Crippen LogP contribution < -0.4 is 5.32 Å². The lowest BCUT2D eigenvalue weighted by Crippen LogP contribution is -2.53. The minimum atomic E-state index is -3.90. The lowest BCUT2D eigenvalue weighted by Gasteiger charge is -2.42. The fourth-order valence-corrected chi connectivity index (χ4v) is 7.32. The Kier molecular flexibility index (Phi) is 9.35. The summed E-state index contributed by atoms with van der Waals surface area (Å²) in [6.07, 6.45) is 4.42. The van der Waals surface area contributed by atoms with Gasteiger partial charge in [0.05, 0.1) is 14.9 Å². The van der Waals surface area contributed by atoms with Gasteiger partial charge in [-0.05, 0) is 57.5 Å². The number of sulfone groups is 1. The van der Waals surface area contributed by atoms with Crippen LogP contribution >= 0.6 is 23.2 Å². The van der Waals surface area contributed by atoms with E-state index < -0.39 is 15.3 Å². The number of likely N-dealkylation sites (N-methyl/N-ethyl adjacent to an activating group) is 1. The van der Waals surface area contributed by atoms with Crippen LogP contribution in [0.15, 0.2) is 23.1 Å². The van der Waals surface area contributed by atoms with Gasteiger partial charge in [-0.25, -0.2) is 8.42 Å². The number of ether oxygens (including phenoxy) is 1. The molecule has 4 rings (SSSR count). The van der Waals surface area contributed by atoms with E-state index in [0.717, 1.165) is 58.4 Å². The van der Waals surface area contributed by atoms with Crippen LogP contribution in [0.3, 0.4) is 0 Å². The Morgan fingerprint density at radius 3 is 2.40 bits per heavy atom. The summed E-state index contributed by atoms with van der Waals surface area (Å²) >= 11 is 12.1. The highest BCUT2D eigenvalue weighted by Crippen LogP contribution is 2.29. The summed E-state index contributed by atoms with van der Waals surface area (Å²) in [5, 5.41) is 3.73. The molecule has 0 radical (unpaired) electrons. The van der Waals surface area contributed by atoms with E-state index in [1.807, 2.05) is 4.90 Å². The number of carbonyl (C=O) groups excluding carboxylic acids is 1. The van der Waals surface area contributed by atoms with Gasteiger partial charge in [0.2, 0.25) is 15.7 Å². The molecule has 2 unspecified atom stereocenters. The molecule has 0 aliphatic carbocycles. The number of carbonyl (C=O) groups is 1. The van der Waals surface area contributed by atoms with Crippen molar-refractivity contribution in [2.45, 2.75) is 54.5 Å². The molecule has 1 N–H and O–H groups in total. The number of likely N-dealkylation sites (tertiary alicyclic amines) is 1. The van der Waals surface area contributed by atoms with Crippen molar-refractivity contribution in [1.29, 1.82) is 0 Å². The summed E-state index contributed by atoms with van der Waals surface area (Å²) < 4.78 is 33.0. The molecule has 1 amide bonds. The Morgan fingerprint density at radius 1 is 1.06 bits per heavy atom. The molecule has 1 aromatic carbocycles. The third-order valence-electron chi connectivity index (χ3n) is 7.44. The third kappa shape index (κ3) is 6.69. The first-order valence-electron chi connectivity index (χ1n) is 12.5. The Labute approximate surface area is 218 Å². The van der Waals surface area contributed by atoms with Gasteiger partial charge < -0.3 is 19.9 Å². The van der Waals surface area contributed by atoms with Gasteiger partial charge >= 0.3 is 0 Å². The lowest BCUT2D eigenvalue weighted by atomic mass is 10.0. The average Bonchev–Trinajstić information content (AvgIpc) is 2.86. The van der Waals surface area contributed by atoms with Crippen LogP contribution in [-0.2, 0) is 19.4 Å². The first-order chi connectivity index (χ1) is 16.8. The number of rotatable bonds is 7. The minimum Gasteiger partial charge on any atom is -0.350 e. The normalized spacial score (nSPS) is 24.4. The second-order valence-electron chi connectivity index (χ2n) is 9.81. The molecule has 0 aromatic heterocycles. The van der Waals surface area contributed by atoms with Gasteiger partial charge in [-0.3, -0.25) is 9.69 Å². The van der Waals surface area contributed by atoms with Crippen LogP contribution in [-0.4, -0.2) is 106 Å². The molecule has 8 nitrogen and oxygen atoms in total. The van der Waals surface area contributed by atoms with E-state index in [1.165, 1.54) is 18.2 Å². The van der Waals surface area contributed by atoms with Gasteiger partial charge in [0.15, 0.2) is 5.44 Å². The number of nitrogens with one attached hydrogen (secondary N) is 1. The molecule has 196 valence electrons. The maximum atomic E-state index is 13.5. The number of piperidine rings is 2. The molecule has 3 aliphatic heterocycles. The molecular formula is C24H36Cl2N4O4S. The van der Waals surface area contributed by atoms with Gasteiger partial charge in [-0.2, -0.15) is 0 Å². The van der Waals surface area contributed by atoms with Crippen molar-refractivity contribution in [1.82, 2.24) is 20.0 Å². The molecule has 3 heterocycles. The standard InChI is InChI=1S/C24H36Cl2N4O4S/c1-28-12-14-29(15-13-28)18-7-10-30(11-8-18)23(31)17-34-24(22-4-2-3-9-27-22)35(32,33)19-5-6-20(25)21(26)16-19/h5-6,16,18,22,24,27H,2-4,7-15,17H2,1H3. The zero-order valence-electron chi connectivity index (χ0n) is 20.3. The number of amides is 1. The molecule has 35 heavy (non-hydrogen) atoms. The molecule has 11 heteroatoms. The number of hydrogen-bond acceptors (Lipinski definition) is 7. The van der Waals surface area contributed by atoms with Crippen LogP contribution in [0, 0.1) is 0 Å². The van der Waals surface area contributed by atoms with Crippen molar-refractivity contribution in [2.75, 3.05) is 59.5 Å². The maximum Gasteiger partial charge on any atom is 0.248 e. The number of halogens is 2. The monoisotopic (exact) mass is 546 g/mol. The highest BCUT2D eigenvalue weighted by Gasteiger charge is 2.38. The Balaban J connectivity index is 1.38. The zero-order chi connectivity index (χ0) is 25.0. The number of hydrogen-bond donors (Lipinski definition) is 1. The highest BCUT2D eigenvalue weighted by atomic mass is 35.5. The summed E-state index contributed by atoms with van der Waals surface area (Å²) in [4.78, 5) is 19.7. The van der Waals surface area contributed by atoms with E-state index in [4.69, 9.17) is 27.9 Å². The van der Waals surface area contributed by atoms with Crippen molar-refractivity contribution in [3.05, 3.63) is 28.2 Å². The molecule has 3 saturated heterocycles. The van der Waals surface area contributed by atoms with Crippen LogP contribution in [0.1, 0.15) is 32.1 Å². The van der Waals surface area contributed by atoms with E-state index in [1.54, 1.807) is 0 Å². The fraction of sp³-hybridized carbons (Fsp3) is 0.708. The van der Waals surface area contributed by atoms with Crippen LogP contribution in [0.4, 0.5) is 0 Å². The van der Waals surface area contributed by atoms with E-state index in [0.29, 0.717) is 25.6 Å². The molecule has 0 saturated carbocycles. The zero-order valence-corrected chi connectivity index (χ0v) is 22.6. The number of benzene rings is 1. The van der Waals surface area contributed by atoms with Gasteiger partial charge in [0, 0.05) is 51.4 Å². The molecule has 0 spiro atoms. The van der Waals surface area contributed by atoms with Crippen LogP contribution in [0.2, 0.25) is 10.0 Å². The first-order valence-corrected chi connectivity index (χ1v) is 14.8. The topological polar surface area (TPSA) is 82.2 Å². The van der Waals surface area contributed by atoms with Gasteiger partial charge in [0.25, 0.3) is 0 Å². The molecule has 2 atom stereocenters. The van der Waals surface area contributed by atoms with Crippen molar-refractivity contribution < 1.29 is 17.9 Å². The lowest BCUT2D eigenvalue weighted by molar-refractivity contribution is -0.138. The molecule has 3 aliphatic rings. The summed E-state index contributed by atoms with van der Waals surface area (Å²) in [6.45, 7) is 6.10. The van der Waals surface area contributed by atoms with E-state index in [9.17, 15) is 13.2 Å². The highest BCUT2D eigenvalue weighted by molar-refractivity contribution is 7.92. The predicted octanol–water partition coefficient (Wildman–Crippen LogP) is 2.49. The maximum absolute atomic E-state index is 13.5. The second kappa shape index (κ2) is 12.1. The quantitative estimate of drug-likeness (QED) is 0.562. The van der Waals surface area contributed by atoms with Crippen molar-refractivity contribution in [3.8, 4) is 0 Å². The summed E-state index contributed by atoms with van der Waals surface area (Å²) in [6, 6.07) is 4.37. The molecule has 1 aromatic rings. The average molecular weight is 548 g/mol. The fourth-order valence-electron chi connectivity index (χ4n) is 5.23. The van der Waals surface area contributed by atoms with Crippen molar-refractivity contribution in [3.63, 3.8) is 0 Å². The molecular weight excluding hydrogens is 511 g/mol.